The van der Waals surface area contributed by atoms with E-state index in [0.29, 0.717) is 25.0 Å². The topological polar surface area (TPSA) is 83.7 Å². The van der Waals surface area contributed by atoms with E-state index in [2.05, 4.69) is 15.5 Å². The monoisotopic (exact) mass is 270 g/mol. The molecule has 19 heavy (non-hydrogen) atoms. The number of nitrogens with zero attached hydrogens (tertiary/aromatic N) is 3. The number of aliphatic hydroxyl groups is 1. The summed E-state index contributed by atoms with van der Waals surface area (Å²) in [5.41, 5.74) is 0. The van der Waals surface area contributed by atoms with E-state index in [9.17, 15) is 5.11 Å². The molecular formula is C12H22N4O3. The van der Waals surface area contributed by atoms with E-state index in [4.69, 9.17) is 9.15 Å². The maximum Gasteiger partial charge on any atom is 0.318 e. The van der Waals surface area contributed by atoms with E-state index in [1.54, 1.807) is 0 Å². The number of aromatic nitrogens is 2. The molecule has 1 aromatic heterocycles. The summed E-state index contributed by atoms with van der Waals surface area (Å²) < 4.78 is 11.3. The van der Waals surface area contributed by atoms with Crippen LogP contribution in [-0.2, 0) is 4.74 Å². The molecule has 2 heterocycles. The Labute approximate surface area is 112 Å². The number of anilines is 1. The van der Waals surface area contributed by atoms with E-state index in [1.165, 1.54) is 0 Å². The number of hydrogen-bond acceptors (Lipinski definition) is 7. The Morgan fingerprint density at radius 1 is 1.47 bits per heavy atom. The molecule has 108 valence electrons. The van der Waals surface area contributed by atoms with Crippen LogP contribution in [0.5, 0.6) is 0 Å². The summed E-state index contributed by atoms with van der Waals surface area (Å²) in [6.07, 6.45) is -0.169. The summed E-state index contributed by atoms with van der Waals surface area (Å²) in [5.74, 6) is 0.580. The zero-order chi connectivity index (χ0) is 13.8. The lowest BCUT2D eigenvalue weighted by Gasteiger charge is -2.34. The molecule has 0 aromatic carbocycles. The van der Waals surface area contributed by atoms with E-state index in [-0.39, 0.29) is 24.9 Å². The fourth-order valence-corrected chi connectivity index (χ4v) is 2.22. The lowest BCUT2D eigenvalue weighted by atomic mass is 10.2. The van der Waals surface area contributed by atoms with E-state index in [0.717, 1.165) is 6.54 Å². The average molecular weight is 270 g/mol. The molecule has 1 aromatic rings. The summed E-state index contributed by atoms with van der Waals surface area (Å²) in [4.78, 5) is 1.96. The van der Waals surface area contributed by atoms with Gasteiger partial charge in [-0.05, 0) is 20.4 Å². The molecule has 0 aliphatic carbocycles. The molecule has 0 radical (unpaired) electrons. The third-order valence-electron chi connectivity index (χ3n) is 3.11. The highest BCUT2D eigenvalue weighted by Crippen LogP contribution is 2.21. The smallest absolute Gasteiger partial charge is 0.318 e. The van der Waals surface area contributed by atoms with Crippen molar-refractivity contribution >= 4 is 6.01 Å². The van der Waals surface area contributed by atoms with Crippen LogP contribution in [-0.4, -0.2) is 53.8 Å². The van der Waals surface area contributed by atoms with Gasteiger partial charge in [-0.2, -0.15) is 0 Å². The van der Waals surface area contributed by atoms with E-state index < -0.39 is 0 Å². The lowest BCUT2D eigenvalue weighted by Crippen LogP contribution is -2.48. The molecule has 7 nitrogen and oxygen atoms in total. The number of morpholine rings is 1. The Morgan fingerprint density at radius 3 is 2.95 bits per heavy atom. The molecule has 3 atom stereocenters. The highest BCUT2D eigenvalue weighted by Gasteiger charge is 2.28. The van der Waals surface area contributed by atoms with Crippen molar-refractivity contribution in [3.8, 4) is 0 Å². The second kappa shape index (κ2) is 6.31. The van der Waals surface area contributed by atoms with Crippen LogP contribution < -0.4 is 10.2 Å². The van der Waals surface area contributed by atoms with Crippen molar-refractivity contribution in [3.05, 3.63) is 5.89 Å². The van der Waals surface area contributed by atoms with Crippen LogP contribution in [0.1, 0.15) is 32.7 Å². The normalized spacial score (nSPS) is 25.6. The molecule has 7 heteroatoms. The van der Waals surface area contributed by atoms with E-state index >= 15 is 0 Å². The molecule has 1 saturated heterocycles. The van der Waals surface area contributed by atoms with Gasteiger partial charge in [0.2, 0.25) is 5.89 Å². The number of hydrogen-bond donors (Lipinski definition) is 2. The van der Waals surface area contributed by atoms with Crippen molar-refractivity contribution in [2.75, 3.05) is 31.1 Å². The first-order valence-electron chi connectivity index (χ1n) is 6.72. The van der Waals surface area contributed by atoms with Gasteiger partial charge in [-0.3, -0.25) is 0 Å². The van der Waals surface area contributed by atoms with Gasteiger partial charge in [-0.25, -0.2) is 0 Å². The van der Waals surface area contributed by atoms with Crippen LogP contribution in [0, 0.1) is 0 Å². The molecule has 0 amide bonds. The fourth-order valence-electron chi connectivity index (χ4n) is 2.22. The highest BCUT2D eigenvalue weighted by atomic mass is 16.5. The van der Waals surface area contributed by atoms with Crippen molar-refractivity contribution in [1.82, 2.24) is 15.5 Å². The van der Waals surface area contributed by atoms with Crippen LogP contribution in [0.3, 0.4) is 0 Å². The molecule has 0 spiro atoms. The van der Waals surface area contributed by atoms with Crippen LogP contribution in [0.15, 0.2) is 4.42 Å². The molecule has 1 aliphatic rings. The SMILES string of the molecule is CCNC(C)c1nnc(N2CC(C)OC(CO)C2)o1. The summed E-state index contributed by atoms with van der Waals surface area (Å²) in [5, 5.41) is 20.6. The predicted molar refractivity (Wildman–Crippen MR) is 70.0 cm³/mol. The highest BCUT2D eigenvalue weighted by molar-refractivity contribution is 5.26. The van der Waals surface area contributed by atoms with Crippen molar-refractivity contribution in [3.63, 3.8) is 0 Å². The Hall–Kier alpha value is -1.18. The van der Waals surface area contributed by atoms with Crippen molar-refractivity contribution < 1.29 is 14.3 Å². The van der Waals surface area contributed by atoms with Crippen molar-refractivity contribution in [2.24, 2.45) is 0 Å². The minimum absolute atomic E-state index is 0.00434. The van der Waals surface area contributed by atoms with Gasteiger partial charge in [-0.1, -0.05) is 12.0 Å². The first-order chi connectivity index (χ1) is 9.13. The van der Waals surface area contributed by atoms with Gasteiger partial charge in [0.25, 0.3) is 0 Å². The zero-order valence-corrected chi connectivity index (χ0v) is 11.7. The minimum Gasteiger partial charge on any atom is -0.406 e. The summed E-state index contributed by atoms with van der Waals surface area (Å²) >= 11 is 0. The Morgan fingerprint density at radius 2 is 2.26 bits per heavy atom. The number of rotatable bonds is 5. The molecule has 3 unspecified atom stereocenters. The number of nitrogens with one attached hydrogen (secondary N) is 1. The van der Waals surface area contributed by atoms with Gasteiger partial charge in [0.05, 0.1) is 31.4 Å². The number of ether oxygens (including phenoxy) is 1. The van der Waals surface area contributed by atoms with Gasteiger partial charge in [0.1, 0.15) is 0 Å². The molecule has 0 saturated carbocycles. The molecule has 0 bridgehead atoms. The largest absolute Gasteiger partial charge is 0.406 e. The summed E-state index contributed by atoms with van der Waals surface area (Å²) in [7, 11) is 0. The Balaban J connectivity index is 2.05. The number of aliphatic hydroxyl groups excluding tert-OH is 1. The standard InChI is InChI=1S/C12H22N4O3/c1-4-13-9(3)11-14-15-12(19-11)16-5-8(2)18-10(6-16)7-17/h8-10,13,17H,4-7H2,1-3H3. The maximum absolute atomic E-state index is 9.21. The van der Waals surface area contributed by atoms with Gasteiger partial charge in [0.15, 0.2) is 0 Å². The average Bonchev–Trinajstić information content (AvgIpc) is 2.88. The predicted octanol–water partition coefficient (Wildman–Crippen LogP) is 0.326. The third-order valence-corrected chi connectivity index (χ3v) is 3.11. The molecular weight excluding hydrogens is 248 g/mol. The van der Waals surface area contributed by atoms with Crippen molar-refractivity contribution in [2.45, 2.75) is 39.0 Å². The quantitative estimate of drug-likeness (QED) is 0.797. The molecule has 2 rings (SSSR count). The Kier molecular flexibility index (Phi) is 4.73. The van der Waals surface area contributed by atoms with Crippen LogP contribution >= 0.6 is 0 Å². The minimum atomic E-state index is -0.203. The van der Waals surface area contributed by atoms with Crippen LogP contribution in [0.25, 0.3) is 0 Å². The van der Waals surface area contributed by atoms with Gasteiger partial charge < -0.3 is 24.5 Å². The van der Waals surface area contributed by atoms with Gasteiger partial charge >= 0.3 is 6.01 Å². The lowest BCUT2D eigenvalue weighted by molar-refractivity contribution is -0.0433. The summed E-state index contributed by atoms with van der Waals surface area (Å²) in [6, 6.07) is 0.534. The second-order valence-electron chi connectivity index (χ2n) is 4.86. The molecule has 2 N–H and O–H groups in total. The second-order valence-corrected chi connectivity index (χ2v) is 4.86. The molecule has 1 fully saturated rings. The summed E-state index contributed by atoms with van der Waals surface area (Å²) in [6.45, 7) is 8.08. The van der Waals surface area contributed by atoms with Crippen LogP contribution in [0.2, 0.25) is 0 Å². The molecule has 1 aliphatic heterocycles. The third kappa shape index (κ3) is 3.43. The first-order valence-corrected chi connectivity index (χ1v) is 6.72. The van der Waals surface area contributed by atoms with Crippen LogP contribution in [0.4, 0.5) is 6.01 Å². The maximum atomic E-state index is 9.21. The zero-order valence-electron chi connectivity index (χ0n) is 11.7. The first kappa shape index (κ1) is 14.2. The Bertz CT molecular complexity index is 398. The van der Waals surface area contributed by atoms with Gasteiger partial charge in [-0.15, -0.1) is 5.10 Å². The van der Waals surface area contributed by atoms with Gasteiger partial charge in [0, 0.05) is 6.54 Å². The fraction of sp³-hybridized carbons (Fsp3) is 0.833. The van der Waals surface area contributed by atoms with E-state index in [1.807, 2.05) is 25.7 Å². The van der Waals surface area contributed by atoms with Crippen molar-refractivity contribution in [1.29, 1.82) is 0 Å².